The monoisotopic (exact) mass is 524 g/mol. The van der Waals surface area contributed by atoms with Crippen LogP contribution in [0.25, 0.3) is 11.1 Å². The predicted molar refractivity (Wildman–Crippen MR) is 127 cm³/mol. The van der Waals surface area contributed by atoms with E-state index in [2.05, 4.69) is 18.9 Å². The summed E-state index contributed by atoms with van der Waals surface area (Å²) in [7, 11) is 4.15. The van der Waals surface area contributed by atoms with Crippen molar-refractivity contribution in [3.8, 4) is 11.5 Å². The van der Waals surface area contributed by atoms with Gasteiger partial charge in [-0.05, 0) is 24.3 Å². The SMILES string of the molecule is COC(=O)/C=C(/C(=O)OC)c1ccc2c(c1O)C(=O)c1c(ccc(/C(=C\C(=O)OC)C(=O)OC)c1O)C2=O. The molecule has 0 radical (unpaired) electrons. The first-order valence-electron chi connectivity index (χ1n) is 10.6. The van der Waals surface area contributed by atoms with Crippen LogP contribution in [0.3, 0.4) is 0 Å². The molecule has 38 heavy (non-hydrogen) atoms. The highest BCUT2D eigenvalue weighted by Gasteiger charge is 2.37. The highest BCUT2D eigenvalue weighted by Crippen LogP contribution is 2.42. The number of ketones is 2. The van der Waals surface area contributed by atoms with Gasteiger partial charge >= 0.3 is 23.9 Å². The Hall–Kier alpha value is -5.26. The first kappa shape index (κ1) is 27.3. The number of benzene rings is 2. The molecule has 196 valence electrons. The largest absolute Gasteiger partial charge is 0.506 e. The van der Waals surface area contributed by atoms with Crippen LogP contribution in [-0.2, 0) is 38.1 Å². The van der Waals surface area contributed by atoms with Gasteiger partial charge in [0.2, 0.25) is 5.78 Å². The number of ether oxygens (including phenoxy) is 4. The lowest BCUT2D eigenvalue weighted by molar-refractivity contribution is -0.136. The molecule has 2 N–H and O–H groups in total. The van der Waals surface area contributed by atoms with Gasteiger partial charge in [-0.3, -0.25) is 9.59 Å². The van der Waals surface area contributed by atoms with Crippen LogP contribution >= 0.6 is 0 Å². The molecule has 0 unspecified atom stereocenters. The standard InChI is InChI=1S/C26H20O12/c1-35-17(27)9-15(25(33)37-3)11-5-7-13-19(22(11)30)24(32)20-14(21(13)29)8-6-12(23(20)31)16(26(34)38-4)10-18(28)36-2/h5-10,30-31H,1-4H3/b15-9+,16-10+. The zero-order valence-corrected chi connectivity index (χ0v) is 20.4. The molecule has 0 saturated heterocycles. The molecule has 0 aliphatic heterocycles. The summed E-state index contributed by atoms with van der Waals surface area (Å²) in [6, 6.07) is 4.59. The van der Waals surface area contributed by atoms with Crippen LogP contribution in [0, 0.1) is 0 Å². The Bertz CT molecular complexity index is 1370. The summed E-state index contributed by atoms with van der Waals surface area (Å²) in [5, 5.41) is 22.0. The fourth-order valence-corrected chi connectivity index (χ4v) is 3.79. The van der Waals surface area contributed by atoms with Crippen LogP contribution < -0.4 is 0 Å². The molecule has 0 spiro atoms. The van der Waals surface area contributed by atoms with Crippen molar-refractivity contribution in [1.29, 1.82) is 0 Å². The molecule has 0 fully saturated rings. The Morgan fingerprint density at radius 3 is 1.29 bits per heavy atom. The molecule has 1 aliphatic rings. The topological polar surface area (TPSA) is 180 Å². The molecule has 0 amide bonds. The van der Waals surface area contributed by atoms with Gasteiger partial charge in [0, 0.05) is 34.4 Å². The fraction of sp³-hybridized carbons (Fsp3) is 0.154. The van der Waals surface area contributed by atoms with Crippen LogP contribution in [0.5, 0.6) is 11.5 Å². The summed E-state index contributed by atoms with van der Waals surface area (Å²) >= 11 is 0. The second-order valence-electron chi connectivity index (χ2n) is 7.57. The molecule has 1 aliphatic carbocycles. The van der Waals surface area contributed by atoms with Crippen molar-refractivity contribution < 1.29 is 57.9 Å². The summed E-state index contributed by atoms with van der Waals surface area (Å²) in [6.07, 6.45) is 1.46. The van der Waals surface area contributed by atoms with E-state index in [-0.39, 0.29) is 22.3 Å². The predicted octanol–water partition coefficient (Wildman–Crippen LogP) is 1.33. The number of hydrogen-bond acceptors (Lipinski definition) is 12. The number of carbonyl (C=O) groups excluding carboxylic acids is 6. The Labute approximate surface area is 214 Å². The zero-order valence-electron chi connectivity index (χ0n) is 20.4. The van der Waals surface area contributed by atoms with Crippen LogP contribution in [0.15, 0.2) is 36.4 Å². The molecular weight excluding hydrogens is 504 g/mol. The van der Waals surface area contributed by atoms with E-state index in [0.717, 1.165) is 64.9 Å². The summed E-state index contributed by atoms with van der Waals surface area (Å²) in [5.41, 5.74) is -3.28. The highest BCUT2D eigenvalue weighted by molar-refractivity contribution is 6.32. The van der Waals surface area contributed by atoms with E-state index >= 15 is 0 Å². The highest BCUT2D eigenvalue weighted by atomic mass is 16.5. The van der Waals surface area contributed by atoms with Gasteiger partial charge in [-0.25, -0.2) is 19.2 Å². The van der Waals surface area contributed by atoms with Gasteiger partial charge in [0.05, 0.1) is 50.7 Å². The Morgan fingerprint density at radius 1 is 0.605 bits per heavy atom. The van der Waals surface area contributed by atoms with Crippen LogP contribution in [-0.4, -0.2) is 74.1 Å². The average Bonchev–Trinajstić information content (AvgIpc) is 2.92. The normalized spacial score (nSPS) is 12.7. The van der Waals surface area contributed by atoms with Crippen molar-refractivity contribution in [2.75, 3.05) is 28.4 Å². The third-order valence-electron chi connectivity index (χ3n) is 5.62. The van der Waals surface area contributed by atoms with Crippen molar-refractivity contribution in [1.82, 2.24) is 0 Å². The third kappa shape index (κ3) is 4.62. The number of fused-ring (bicyclic) bond motifs is 2. The Balaban J connectivity index is 2.29. The molecule has 12 heteroatoms. The van der Waals surface area contributed by atoms with E-state index in [1.165, 1.54) is 0 Å². The van der Waals surface area contributed by atoms with Crippen molar-refractivity contribution in [3.63, 3.8) is 0 Å². The lowest BCUT2D eigenvalue weighted by atomic mass is 9.80. The first-order valence-corrected chi connectivity index (χ1v) is 10.6. The van der Waals surface area contributed by atoms with Crippen molar-refractivity contribution in [2.24, 2.45) is 0 Å². The number of esters is 4. The lowest BCUT2D eigenvalue weighted by Crippen LogP contribution is -2.22. The second kappa shape index (κ2) is 10.8. The van der Waals surface area contributed by atoms with E-state index in [1.807, 2.05) is 0 Å². The Kier molecular flexibility index (Phi) is 7.76. The lowest BCUT2D eigenvalue weighted by Gasteiger charge is -2.22. The summed E-state index contributed by atoms with van der Waals surface area (Å²) in [6.45, 7) is 0. The molecular formula is C26H20O12. The average molecular weight is 524 g/mol. The van der Waals surface area contributed by atoms with E-state index in [4.69, 9.17) is 0 Å². The van der Waals surface area contributed by atoms with Gasteiger partial charge < -0.3 is 29.2 Å². The van der Waals surface area contributed by atoms with Crippen molar-refractivity contribution >= 4 is 46.6 Å². The first-order chi connectivity index (χ1) is 18.0. The molecule has 12 nitrogen and oxygen atoms in total. The molecule has 0 atom stereocenters. The molecule has 3 rings (SSSR count). The molecule has 2 aromatic rings. The second-order valence-corrected chi connectivity index (χ2v) is 7.57. The maximum Gasteiger partial charge on any atom is 0.338 e. The molecule has 0 saturated carbocycles. The fourth-order valence-electron chi connectivity index (χ4n) is 3.79. The van der Waals surface area contributed by atoms with Crippen LogP contribution in [0.1, 0.15) is 43.0 Å². The van der Waals surface area contributed by atoms with E-state index in [0.29, 0.717) is 0 Å². The summed E-state index contributed by atoms with van der Waals surface area (Å²) in [4.78, 5) is 75.0. The van der Waals surface area contributed by atoms with Gasteiger partial charge in [-0.2, -0.15) is 0 Å². The quantitative estimate of drug-likeness (QED) is 0.269. The maximum atomic E-state index is 13.6. The van der Waals surface area contributed by atoms with E-state index in [9.17, 15) is 39.0 Å². The third-order valence-corrected chi connectivity index (χ3v) is 5.62. The number of phenols is 2. The van der Waals surface area contributed by atoms with E-state index in [1.54, 1.807) is 0 Å². The van der Waals surface area contributed by atoms with E-state index < -0.39 is 69.2 Å². The number of phenolic OH excluding ortho intramolecular Hbond substituents is 2. The Morgan fingerprint density at radius 2 is 0.974 bits per heavy atom. The minimum Gasteiger partial charge on any atom is -0.506 e. The van der Waals surface area contributed by atoms with Crippen LogP contribution in [0.4, 0.5) is 0 Å². The van der Waals surface area contributed by atoms with Crippen molar-refractivity contribution in [3.05, 3.63) is 69.8 Å². The minimum absolute atomic E-state index is 0.253. The summed E-state index contributed by atoms with van der Waals surface area (Å²) in [5.74, 6) is -7.56. The maximum absolute atomic E-state index is 13.6. The smallest absolute Gasteiger partial charge is 0.338 e. The number of hydrogen-bond donors (Lipinski definition) is 2. The van der Waals surface area contributed by atoms with Gasteiger partial charge in [0.1, 0.15) is 11.5 Å². The molecule has 0 bridgehead atoms. The summed E-state index contributed by atoms with van der Waals surface area (Å²) < 4.78 is 18.3. The van der Waals surface area contributed by atoms with Gasteiger partial charge in [-0.1, -0.05) is 0 Å². The molecule has 2 aromatic carbocycles. The zero-order chi connectivity index (χ0) is 28.3. The van der Waals surface area contributed by atoms with Gasteiger partial charge in [0.15, 0.2) is 5.78 Å². The number of carbonyl (C=O) groups is 6. The number of rotatable bonds is 6. The minimum atomic E-state index is -1.05. The number of methoxy groups -OCH3 is 4. The van der Waals surface area contributed by atoms with Gasteiger partial charge in [-0.15, -0.1) is 0 Å². The van der Waals surface area contributed by atoms with Crippen molar-refractivity contribution in [2.45, 2.75) is 0 Å². The number of aromatic hydroxyl groups is 2. The molecule has 0 aromatic heterocycles. The molecule has 0 heterocycles. The van der Waals surface area contributed by atoms with Crippen LogP contribution in [0.2, 0.25) is 0 Å². The van der Waals surface area contributed by atoms with Gasteiger partial charge in [0.25, 0.3) is 0 Å².